The fourth-order valence-electron chi connectivity index (χ4n) is 7.53. The van der Waals surface area contributed by atoms with E-state index in [4.69, 9.17) is 0 Å². The van der Waals surface area contributed by atoms with E-state index in [1.807, 2.05) is 18.2 Å². The Bertz CT molecular complexity index is 1300. The van der Waals surface area contributed by atoms with Crippen molar-refractivity contribution in [3.63, 3.8) is 0 Å². The lowest BCUT2D eigenvalue weighted by Crippen LogP contribution is -2.28. The van der Waals surface area contributed by atoms with Crippen molar-refractivity contribution in [2.75, 3.05) is 0 Å². The third-order valence-corrected chi connectivity index (χ3v) is 12.8. The number of hydrogen-bond acceptors (Lipinski definition) is 2. The standard InChI is InChI=1S/C42H64O2/c1-13-41(12,14-2)30(6)20-17-25-40(10,11)31-21-23-33-35(27-31)38(44)36-28-32(22-24-34(36)37(33)43)42(15-3,16-4)26-18-19-29(5)39(7,8)9/h21-24,27-30H,13-20,25-26H2,1-12H3. The number of fused-ring (bicyclic) bond motifs is 2. The monoisotopic (exact) mass is 600 g/mol. The van der Waals surface area contributed by atoms with Gasteiger partial charge in [0.05, 0.1) is 0 Å². The highest BCUT2D eigenvalue weighted by molar-refractivity contribution is 6.28. The van der Waals surface area contributed by atoms with Gasteiger partial charge in [-0.2, -0.15) is 0 Å². The Balaban J connectivity index is 1.86. The van der Waals surface area contributed by atoms with Crippen LogP contribution in [0.1, 0.15) is 190 Å². The van der Waals surface area contributed by atoms with E-state index in [-0.39, 0.29) is 22.4 Å². The first kappa shape index (κ1) is 36.3. The van der Waals surface area contributed by atoms with Crippen molar-refractivity contribution in [3.8, 4) is 0 Å². The third kappa shape index (κ3) is 7.42. The molecule has 1 aliphatic rings. The number of rotatable bonds is 15. The van der Waals surface area contributed by atoms with E-state index in [0.29, 0.717) is 44.9 Å². The van der Waals surface area contributed by atoms with E-state index in [1.54, 1.807) is 0 Å². The van der Waals surface area contributed by atoms with Crippen LogP contribution in [0.15, 0.2) is 36.4 Å². The molecule has 244 valence electrons. The maximum absolute atomic E-state index is 14.1. The first-order valence-electron chi connectivity index (χ1n) is 17.9. The zero-order valence-corrected chi connectivity index (χ0v) is 30.5. The van der Waals surface area contributed by atoms with E-state index in [0.717, 1.165) is 37.7 Å². The van der Waals surface area contributed by atoms with E-state index in [1.165, 1.54) is 37.7 Å². The van der Waals surface area contributed by atoms with Crippen LogP contribution in [-0.2, 0) is 10.8 Å². The lowest BCUT2D eigenvalue weighted by Gasteiger charge is -2.35. The van der Waals surface area contributed by atoms with Crippen molar-refractivity contribution in [3.05, 3.63) is 69.8 Å². The second-order valence-electron chi connectivity index (χ2n) is 16.4. The molecule has 1 aliphatic carbocycles. The van der Waals surface area contributed by atoms with Crippen LogP contribution in [0.3, 0.4) is 0 Å². The van der Waals surface area contributed by atoms with Gasteiger partial charge in [-0.05, 0) is 94.6 Å². The zero-order valence-electron chi connectivity index (χ0n) is 30.5. The molecule has 2 heteroatoms. The molecule has 0 saturated heterocycles. The molecule has 0 aromatic heterocycles. The Morgan fingerprint density at radius 1 is 0.568 bits per heavy atom. The molecule has 0 heterocycles. The van der Waals surface area contributed by atoms with E-state index in [2.05, 4.69) is 101 Å². The second-order valence-corrected chi connectivity index (χ2v) is 16.4. The smallest absolute Gasteiger partial charge is 0.194 e. The van der Waals surface area contributed by atoms with Crippen LogP contribution in [0.25, 0.3) is 0 Å². The fraction of sp³-hybridized carbons (Fsp3) is 0.667. The molecule has 0 fully saturated rings. The second kappa shape index (κ2) is 14.0. The van der Waals surface area contributed by atoms with Gasteiger partial charge in [0.1, 0.15) is 0 Å². The zero-order chi connectivity index (χ0) is 33.1. The van der Waals surface area contributed by atoms with Crippen molar-refractivity contribution >= 4 is 11.6 Å². The Morgan fingerprint density at radius 2 is 1.02 bits per heavy atom. The van der Waals surface area contributed by atoms with Gasteiger partial charge in [0.25, 0.3) is 0 Å². The van der Waals surface area contributed by atoms with Crippen LogP contribution in [0.5, 0.6) is 0 Å². The first-order chi connectivity index (χ1) is 20.5. The first-order valence-corrected chi connectivity index (χ1v) is 17.9. The van der Waals surface area contributed by atoms with E-state index in [9.17, 15) is 9.59 Å². The molecule has 0 bridgehead atoms. The molecular weight excluding hydrogens is 536 g/mol. The normalized spacial score (nSPS) is 15.6. The molecule has 2 aromatic rings. The number of carbonyl (C=O) groups is 2. The summed E-state index contributed by atoms with van der Waals surface area (Å²) in [4.78, 5) is 27.8. The molecule has 2 atom stereocenters. The van der Waals surface area contributed by atoms with Gasteiger partial charge >= 0.3 is 0 Å². The number of ketones is 2. The van der Waals surface area contributed by atoms with Crippen molar-refractivity contribution in [2.45, 2.75) is 158 Å². The highest BCUT2D eigenvalue weighted by atomic mass is 16.1. The third-order valence-electron chi connectivity index (χ3n) is 12.8. The van der Waals surface area contributed by atoms with Crippen LogP contribution in [0.4, 0.5) is 0 Å². The van der Waals surface area contributed by atoms with Crippen LogP contribution < -0.4 is 0 Å². The Morgan fingerprint density at radius 3 is 1.52 bits per heavy atom. The van der Waals surface area contributed by atoms with Crippen molar-refractivity contribution in [2.24, 2.45) is 22.7 Å². The molecule has 44 heavy (non-hydrogen) atoms. The summed E-state index contributed by atoms with van der Waals surface area (Å²) in [6.07, 6.45) is 11.4. The Labute approximate surface area is 271 Å². The van der Waals surface area contributed by atoms with Gasteiger partial charge in [0.2, 0.25) is 0 Å². The minimum atomic E-state index is -0.0706. The topological polar surface area (TPSA) is 34.1 Å². The molecule has 3 rings (SSSR count). The highest BCUT2D eigenvalue weighted by Gasteiger charge is 2.35. The average molecular weight is 601 g/mol. The van der Waals surface area contributed by atoms with Gasteiger partial charge in [-0.15, -0.1) is 0 Å². The van der Waals surface area contributed by atoms with Crippen LogP contribution >= 0.6 is 0 Å². The summed E-state index contributed by atoms with van der Waals surface area (Å²) in [6.45, 7) is 28.0. The van der Waals surface area contributed by atoms with Crippen LogP contribution in [0, 0.1) is 22.7 Å². The summed E-state index contributed by atoms with van der Waals surface area (Å²) >= 11 is 0. The fourth-order valence-corrected chi connectivity index (χ4v) is 7.53. The summed E-state index contributed by atoms with van der Waals surface area (Å²) in [5.74, 6) is 1.33. The molecule has 0 amide bonds. The minimum absolute atomic E-state index is 0.00633. The number of hydrogen-bond donors (Lipinski definition) is 0. The van der Waals surface area contributed by atoms with E-state index < -0.39 is 0 Å². The van der Waals surface area contributed by atoms with E-state index >= 15 is 0 Å². The quantitative estimate of drug-likeness (QED) is 0.174. The number of benzene rings is 2. The molecule has 0 saturated carbocycles. The van der Waals surface area contributed by atoms with Gasteiger partial charge in [0, 0.05) is 22.3 Å². The molecule has 2 unspecified atom stereocenters. The average Bonchev–Trinajstić information content (AvgIpc) is 3.00. The largest absolute Gasteiger partial charge is 0.289 e. The minimum Gasteiger partial charge on any atom is -0.289 e. The maximum Gasteiger partial charge on any atom is 0.194 e. The van der Waals surface area contributed by atoms with Crippen molar-refractivity contribution < 1.29 is 9.59 Å². The summed E-state index contributed by atoms with van der Waals surface area (Å²) < 4.78 is 0. The summed E-state index contributed by atoms with van der Waals surface area (Å²) in [6, 6.07) is 12.2. The van der Waals surface area contributed by atoms with Crippen molar-refractivity contribution in [1.82, 2.24) is 0 Å². The van der Waals surface area contributed by atoms with Gasteiger partial charge < -0.3 is 0 Å². The summed E-state index contributed by atoms with van der Waals surface area (Å²) in [7, 11) is 0. The lowest BCUT2D eigenvalue weighted by molar-refractivity contribution is 0.0978. The highest BCUT2D eigenvalue weighted by Crippen LogP contribution is 2.42. The number of carbonyl (C=O) groups excluding carboxylic acids is 2. The molecule has 0 N–H and O–H groups in total. The van der Waals surface area contributed by atoms with Crippen LogP contribution in [0.2, 0.25) is 0 Å². The van der Waals surface area contributed by atoms with Crippen molar-refractivity contribution in [1.29, 1.82) is 0 Å². The molecule has 0 spiro atoms. The van der Waals surface area contributed by atoms with Crippen LogP contribution in [-0.4, -0.2) is 11.6 Å². The summed E-state index contributed by atoms with van der Waals surface area (Å²) in [5.41, 5.74) is 5.31. The van der Waals surface area contributed by atoms with Gasteiger partial charge in [0.15, 0.2) is 11.6 Å². The summed E-state index contributed by atoms with van der Waals surface area (Å²) in [5, 5.41) is 0. The Hall–Kier alpha value is -2.22. The molecular formula is C42H64O2. The molecule has 0 aliphatic heterocycles. The lowest BCUT2D eigenvalue weighted by atomic mass is 9.69. The molecule has 0 radical (unpaired) electrons. The van der Waals surface area contributed by atoms with Gasteiger partial charge in [-0.3, -0.25) is 9.59 Å². The Kier molecular flexibility index (Phi) is 11.6. The van der Waals surface area contributed by atoms with Gasteiger partial charge in [-0.1, -0.05) is 134 Å². The predicted molar refractivity (Wildman–Crippen MR) is 189 cm³/mol. The van der Waals surface area contributed by atoms with Gasteiger partial charge in [-0.25, -0.2) is 0 Å². The predicted octanol–water partition coefficient (Wildman–Crippen LogP) is 12.3. The SMILES string of the molecule is CCC(CC)(CCCC(C)C(C)(C)C)c1ccc2c(c1)C(=O)c1cc(C(C)(C)CCCC(C)C(C)(CC)CC)ccc1C2=O. The molecule has 2 aromatic carbocycles. The molecule has 2 nitrogen and oxygen atoms in total. The maximum atomic E-state index is 14.1.